The Hall–Kier alpha value is -3.17. The highest BCUT2D eigenvalue weighted by Gasteiger charge is 2.30. The van der Waals surface area contributed by atoms with Crippen LogP contribution in [0.1, 0.15) is 37.7 Å². The van der Waals surface area contributed by atoms with Gasteiger partial charge in [0.25, 0.3) is 11.9 Å². The van der Waals surface area contributed by atoms with Crippen LogP contribution in [-0.4, -0.2) is 71.7 Å². The lowest BCUT2D eigenvalue weighted by Crippen LogP contribution is -2.40. The number of morpholine rings is 1. The van der Waals surface area contributed by atoms with E-state index in [1.54, 1.807) is 12.1 Å². The topological polar surface area (TPSA) is 95.8 Å². The van der Waals surface area contributed by atoms with Gasteiger partial charge in [0.1, 0.15) is 17.0 Å². The number of nitrogens with zero attached hydrogens (tertiary/aromatic N) is 4. The van der Waals surface area contributed by atoms with Crippen LogP contribution in [-0.2, 0) is 4.74 Å². The molecule has 0 radical (unpaired) electrons. The van der Waals surface area contributed by atoms with E-state index in [1.807, 2.05) is 24.3 Å². The molecule has 2 aliphatic heterocycles. The van der Waals surface area contributed by atoms with E-state index in [0.29, 0.717) is 48.1 Å². The fraction of sp³-hybridized carbons (Fsp3) is 0.480. The van der Waals surface area contributed by atoms with Crippen molar-refractivity contribution in [3.63, 3.8) is 0 Å². The van der Waals surface area contributed by atoms with E-state index in [9.17, 15) is 4.79 Å². The van der Waals surface area contributed by atoms with Crippen molar-refractivity contribution in [3.05, 3.63) is 42.1 Å². The number of pyridine rings is 1. The van der Waals surface area contributed by atoms with Crippen LogP contribution < -0.4 is 15.5 Å². The summed E-state index contributed by atoms with van der Waals surface area (Å²) in [5.74, 6) is 0.452. The van der Waals surface area contributed by atoms with Crippen molar-refractivity contribution in [3.8, 4) is 0 Å². The maximum atomic E-state index is 12.9. The largest absolute Gasteiger partial charge is 0.423 e. The Morgan fingerprint density at radius 1 is 1.09 bits per heavy atom. The third-order valence-electron chi connectivity index (χ3n) is 6.39. The predicted octanol–water partition coefficient (Wildman–Crippen LogP) is 3.60. The Kier molecular flexibility index (Phi) is 6.14. The van der Waals surface area contributed by atoms with Crippen LogP contribution in [0, 0.1) is 0 Å². The van der Waals surface area contributed by atoms with Crippen LogP contribution in [0.5, 0.6) is 0 Å². The fourth-order valence-corrected chi connectivity index (χ4v) is 4.41. The molecule has 9 heteroatoms. The molecule has 34 heavy (non-hydrogen) atoms. The van der Waals surface area contributed by atoms with Crippen LogP contribution in [0.4, 0.5) is 17.5 Å². The van der Waals surface area contributed by atoms with Gasteiger partial charge in [-0.1, -0.05) is 6.07 Å². The molecule has 0 spiro atoms. The maximum Gasteiger partial charge on any atom is 0.298 e. The van der Waals surface area contributed by atoms with Gasteiger partial charge in [0.05, 0.1) is 13.2 Å². The second-order valence-corrected chi connectivity index (χ2v) is 9.89. The number of carbonyl (C=O) groups is 1. The fourth-order valence-electron chi connectivity index (χ4n) is 4.41. The lowest BCUT2D eigenvalue weighted by atomic mass is 10.1. The summed E-state index contributed by atoms with van der Waals surface area (Å²) in [5.41, 5.74) is 2.54. The highest BCUT2D eigenvalue weighted by Crippen LogP contribution is 2.26. The van der Waals surface area contributed by atoms with E-state index in [0.717, 1.165) is 38.1 Å². The first kappa shape index (κ1) is 22.6. The second-order valence-electron chi connectivity index (χ2n) is 9.89. The molecule has 0 aliphatic carbocycles. The maximum absolute atomic E-state index is 12.9. The minimum absolute atomic E-state index is 0.152. The summed E-state index contributed by atoms with van der Waals surface area (Å²) in [6.45, 7) is 11.6. The average Bonchev–Trinajstić information content (AvgIpc) is 3.47. The zero-order valence-electron chi connectivity index (χ0n) is 20.0. The molecule has 2 fully saturated rings. The zero-order chi connectivity index (χ0) is 23.7. The molecule has 0 bridgehead atoms. The van der Waals surface area contributed by atoms with Crippen molar-refractivity contribution in [2.45, 2.75) is 38.8 Å². The van der Waals surface area contributed by atoms with E-state index in [2.05, 4.69) is 51.2 Å². The zero-order valence-corrected chi connectivity index (χ0v) is 20.0. The van der Waals surface area contributed by atoms with Crippen molar-refractivity contribution >= 4 is 34.5 Å². The summed E-state index contributed by atoms with van der Waals surface area (Å²) < 4.78 is 11.3. The lowest BCUT2D eigenvalue weighted by Gasteiger charge is -2.31. The Balaban J connectivity index is 1.24. The number of rotatable bonds is 5. The number of fused-ring (bicyclic) bond motifs is 1. The average molecular weight is 465 g/mol. The van der Waals surface area contributed by atoms with E-state index >= 15 is 0 Å². The van der Waals surface area contributed by atoms with Gasteiger partial charge in [-0.2, -0.15) is 4.98 Å². The van der Waals surface area contributed by atoms with Crippen LogP contribution >= 0.6 is 0 Å². The van der Waals surface area contributed by atoms with Gasteiger partial charge < -0.3 is 24.7 Å². The molecule has 2 aromatic heterocycles. The number of hydrogen-bond acceptors (Lipinski definition) is 8. The molecule has 3 aromatic rings. The number of carbonyl (C=O) groups excluding carboxylic acids is 1. The van der Waals surface area contributed by atoms with Gasteiger partial charge in [0.15, 0.2) is 5.58 Å². The number of ether oxygens (including phenoxy) is 1. The van der Waals surface area contributed by atoms with Crippen LogP contribution in [0.15, 0.2) is 40.8 Å². The number of oxazole rings is 1. The van der Waals surface area contributed by atoms with Crippen molar-refractivity contribution in [2.75, 3.05) is 54.9 Å². The monoisotopic (exact) mass is 464 g/mol. The Bertz CT molecular complexity index is 1160. The number of likely N-dealkylation sites (tertiary alicyclic amines) is 1. The van der Waals surface area contributed by atoms with E-state index < -0.39 is 0 Å². The molecule has 4 heterocycles. The van der Waals surface area contributed by atoms with Gasteiger partial charge in [0, 0.05) is 49.5 Å². The molecule has 9 nitrogen and oxygen atoms in total. The summed E-state index contributed by atoms with van der Waals surface area (Å²) >= 11 is 0. The molecule has 1 amide bonds. The molecule has 5 rings (SSSR count). The Labute approximate surface area is 199 Å². The molecule has 2 saturated heterocycles. The number of benzene rings is 1. The summed E-state index contributed by atoms with van der Waals surface area (Å²) in [4.78, 5) is 26.5. The Morgan fingerprint density at radius 2 is 1.91 bits per heavy atom. The quantitative estimate of drug-likeness (QED) is 0.591. The van der Waals surface area contributed by atoms with Gasteiger partial charge in [-0.15, -0.1) is 0 Å². The minimum atomic E-state index is -0.265. The number of nitrogens with one attached hydrogen (secondary N) is 2. The van der Waals surface area contributed by atoms with Crippen molar-refractivity contribution in [1.82, 2.24) is 14.9 Å². The van der Waals surface area contributed by atoms with Gasteiger partial charge in [-0.05, 0) is 51.5 Å². The van der Waals surface area contributed by atoms with Crippen molar-refractivity contribution in [2.24, 2.45) is 0 Å². The highest BCUT2D eigenvalue weighted by molar-refractivity contribution is 6.03. The highest BCUT2D eigenvalue weighted by atomic mass is 16.5. The third kappa shape index (κ3) is 5.00. The number of amides is 1. The first-order valence-electron chi connectivity index (χ1n) is 11.9. The molecular formula is C25H32N6O3. The SMILES string of the molecule is CC(C)(C)N1CCC(Nc2cccc(C(=O)Nc3ccc4nc(N5CCOCC5)oc4c3)n2)C1. The standard InChI is InChI=1S/C25H32N6O3/c1-25(2,3)31-10-9-18(16-31)26-22-6-4-5-20(28-22)23(32)27-17-7-8-19-21(15-17)34-24(29-19)30-11-13-33-14-12-30/h4-8,15,18H,9-14,16H2,1-3H3,(H,26,28)(H,27,32). The van der Waals surface area contributed by atoms with Crippen molar-refractivity contribution in [1.29, 1.82) is 0 Å². The third-order valence-corrected chi connectivity index (χ3v) is 6.39. The van der Waals surface area contributed by atoms with Gasteiger partial charge in [-0.3, -0.25) is 9.69 Å². The lowest BCUT2D eigenvalue weighted by molar-refractivity contribution is 0.102. The van der Waals surface area contributed by atoms with Crippen LogP contribution in [0.3, 0.4) is 0 Å². The number of hydrogen-bond donors (Lipinski definition) is 2. The Morgan fingerprint density at radius 3 is 2.68 bits per heavy atom. The molecule has 2 aliphatic rings. The first-order chi connectivity index (χ1) is 16.3. The summed E-state index contributed by atoms with van der Waals surface area (Å²) in [6.07, 6.45) is 1.05. The molecule has 1 unspecified atom stereocenters. The smallest absolute Gasteiger partial charge is 0.298 e. The van der Waals surface area contributed by atoms with E-state index in [-0.39, 0.29) is 11.4 Å². The van der Waals surface area contributed by atoms with Gasteiger partial charge in [0.2, 0.25) is 0 Å². The van der Waals surface area contributed by atoms with Crippen LogP contribution in [0.2, 0.25) is 0 Å². The summed E-state index contributed by atoms with van der Waals surface area (Å²) in [7, 11) is 0. The first-order valence-corrected chi connectivity index (χ1v) is 11.9. The molecule has 1 atom stereocenters. The summed E-state index contributed by atoms with van der Waals surface area (Å²) in [6, 6.07) is 11.9. The predicted molar refractivity (Wildman–Crippen MR) is 133 cm³/mol. The van der Waals surface area contributed by atoms with Crippen LogP contribution in [0.25, 0.3) is 11.1 Å². The van der Waals surface area contributed by atoms with E-state index in [1.165, 1.54) is 0 Å². The van der Waals surface area contributed by atoms with Gasteiger partial charge in [-0.25, -0.2) is 4.98 Å². The normalized spacial score (nSPS) is 19.5. The summed E-state index contributed by atoms with van der Waals surface area (Å²) in [5, 5.41) is 6.42. The minimum Gasteiger partial charge on any atom is -0.423 e. The second kappa shape index (κ2) is 9.23. The molecular weight excluding hydrogens is 432 g/mol. The molecule has 180 valence electrons. The molecule has 1 aromatic carbocycles. The number of anilines is 3. The van der Waals surface area contributed by atoms with E-state index in [4.69, 9.17) is 9.15 Å². The van der Waals surface area contributed by atoms with Crippen molar-refractivity contribution < 1.29 is 13.9 Å². The number of aromatic nitrogens is 2. The molecule has 2 N–H and O–H groups in total. The molecule has 0 saturated carbocycles. The van der Waals surface area contributed by atoms with Gasteiger partial charge >= 0.3 is 0 Å².